The third-order valence-corrected chi connectivity index (χ3v) is 17.4. The molecule has 246 valence electrons. The highest BCUT2D eigenvalue weighted by Crippen LogP contribution is 2.74. The van der Waals surface area contributed by atoms with Crippen molar-refractivity contribution >= 4 is 114 Å². The molecule has 0 amide bonds. The minimum absolute atomic E-state index is 0.251. The molecule has 12 aromatic rings. The van der Waals surface area contributed by atoms with Crippen LogP contribution in [-0.4, -0.2) is 7.11 Å². The van der Waals surface area contributed by atoms with Crippen molar-refractivity contribution in [2.75, 3.05) is 7.11 Å². The molecule has 0 saturated heterocycles. The van der Waals surface area contributed by atoms with E-state index in [1.165, 1.54) is 26.8 Å². The minimum Gasteiger partial charge on any atom is -0.496 e. The van der Waals surface area contributed by atoms with Gasteiger partial charge in [0, 0.05) is 10.3 Å². The number of ether oxygens (including phenoxy) is 1. The Labute approximate surface area is 311 Å². The van der Waals surface area contributed by atoms with E-state index in [0.717, 1.165) is 31.4 Å². The average molecular weight is 699 g/mol. The van der Waals surface area contributed by atoms with Crippen molar-refractivity contribution in [1.82, 2.24) is 0 Å². The number of aryl methyl sites for hydroxylation is 1. The fourth-order valence-corrected chi connectivity index (χ4v) is 16.0. The highest BCUT2D eigenvalue weighted by molar-refractivity contribution is 7.10. The van der Waals surface area contributed by atoms with Crippen LogP contribution >= 0.6 is 11.3 Å². The third-order valence-electron chi connectivity index (χ3n) is 16.3. The summed E-state index contributed by atoms with van der Waals surface area (Å²) in [4.78, 5) is 1.47. The van der Waals surface area contributed by atoms with Gasteiger partial charge in [0.15, 0.2) is 0 Å². The first kappa shape index (κ1) is 25.3. The third kappa shape index (κ3) is 2.01. The van der Waals surface area contributed by atoms with Gasteiger partial charge in [-0.1, -0.05) is 60.2 Å². The van der Waals surface area contributed by atoms with Gasteiger partial charge in [-0.05, 0) is 208 Å². The van der Waals surface area contributed by atoms with Crippen LogP contribution in [0.1, 0.15) is 60.5 Å². The van der Waals surface area contributed by atoms with E-state index in [2.05, 4.69) is 79.1 Å². The van der Waals surface area contributed by atoms with E-state index in [-0.39, 0.29) is 10.8 Å². The molecule has 1 heterocycles. The van der Waals surface area contributed by atoms with E-state index in [1.807, 2.05) is 18.4 Å². The van der Waals surface area contributed by atoms with Crippen LogP contribution in [-0.2, 0) is 36.5 Å². The van der Waals surface area contributed by atoms with E-state index >= 15 is 0 Å². The Balaban J connectivity index is 1.23. The monoisotopic (exact) mass is 698 g/mol. The normalized spacial score (nSPS) is 22.5. The molecule has 6 aliphatic carbocycles. The molecular weight excluding hydrogens is 673 g/mol. The zero-order valence-corrected chi connectivity index (χ0v) is 30.4. The Kier molecular flexibility index (Phi) is 3.29. The summed E-state index contributed by atoms with van der Waals surface area (Å²) in [6.45, 7) is 2.19. The molecule has 0 spiro atoms. The first-order valence-corrected chi connectivity index (χ1v) is 20.7. The fourth-order valence-electron chi connectivity index (χ4n) is 15.1. The number of allylic oxidation sites excluding steroid dienone is 4. The van der Waals surface area contributed by atoms with Crippen LogP contribution in [0.5, 0.6) is 5.75 Å². The van der Waals surface area contributed by atoms with Crippen LogP contribution in [0.4, 0.5) is 0 Å². The quantitative estimate of drug-likeness (QED) is 0.131. The van der Waals surface area contributed by atoms with Gasteiger partial charge in [0.25, 0.3) is 0 Å². The van der Waals surface area contributed by atoms with Crippen molar-refractivity contribution in [2.45, 2.75) is 43.4 Å². The molecule has 1 aromatic heterocycles. The number of rotatable bonds is 4. The molecule has 0 fully saturated rings. The highest BCUT2D eigenvalue weighted by Gasteiger charge is 2.59. The summed E-state index contributed by atoms with van der Waals surface area (Å²) in [6.07, 6.45) is 9.61. The Morgan fingerprint density at radius 1 is 0.593 bits per heavy atom. The van der Waals surface area contributed by atoms with Crippen molar-refractivity contribution < 1.29 is 4.74 Å². The first-order chi connectivity index (χ1) is 26.6. The van der Waals surface area contributed by atoms with Crippen molar-refractivity contribution in [3.05, 3.63) is 138 Å². The highest BCUT2D eigenvalue weighted by atomic mass is 32.1. The number of thiophene rings is 1. The van der Waals surface area contributed by atoms with Crippen LogP contribution < -0.4 is 4.74 Å². The molecular formula is C52H26OS. The molecule has 2 unspecified atom stereocenters. The Morgan fingerprint density at radius 3 is 2.02 bits per heavy atom. The lowest BCUT2D eigenvalue weighted by Gasteiger charge is -2.46. The van der Waals surface area contributed by atoms with Gasteiger partial charge in [-0.15, -0.1) is 11.3 Å². The van der Waals surface area contributed by atoms with Gasteiger partial charge in [0.1, 0.15) is 5.75 Å². The molecule has 2 heteroatoms. The lowest BCUT2D eigenvalue weighted by atomic mass is 9.56. The maximum Gasteiger partial charge on any atom is 0.122 e. The SMILES string of the molecule is COc1cc(C)ccc1CC12C3=CC4(c5cccs5)C=C5Cc6cc7cc8c9c%10c(cc%11cc(c1c1c%11c%10c%10c1c1c2c4c2c5c6c4c7c9c%10c4c21)C3)C8. The molecule has 0 radical (unpaired) electrons. The topological polar surface area (TPSA) is 9.23 Å². The summed E-state index contributed by atoms with van der Waals surface area (Å²) < 4.78 is 6.26. The predicted octanol–water partition coefficient (Wildman–Crippen LogP) is 12.6. The maximum absolute atomic E-state index is 6.26. The molecule has 2 atom stereocenters. The van der Waals surface area contributed by atoms with Crippen molar-refractivity contribution in [2.24, 2.45) is 0 Å². The number of hydrogen-bond acceptors (Lipinski definition) is 2. The predicted molar refractivity (Wildman–Crippen MR) is 225 cm³/mol. The van der Waals surface area contributed by atoms with Crippen LogP contribution in [0.25, 0.3) is 103 Å². The largest absolute Gasteiger partial charge is 0.496 e. The Hall–Kier alpha value is -5.70. The fraction of sp³-hybridized carbons (Fsp3) is 0.154. The van der Waals surface area contributed by atoms with Crippen molar-refractivity contribution in [3.8, 4) is 5.75 Å². The summed E-state index contributed by atoms with van der Waals surface area (Å²) in [5, 5.41) is 30.7. The van der Waals surface area contributed by atoms with Crippen molar-refractivity contribution in [3.63, 3.8) is 0 Å². The zero-order valence-electron chi connectivity index (χ0n) is 29.6. The minimum atomic E-state index is -0.284. The second-order valence-electron chi connectivity index (χ2n) is 18.2. The Morgan fingerprint density at radius 2 is 1.26 bits per heavy atom. The number of benzene rings is 8. The van der Waals surface area contributed by atoms with Gasteiger partial charge >= 0.3 is 0 Å². The maximum atomic E-state index is 6.26. The molecule has 6 aliphatic rings. The lowest BCUT2D eigenvalue weighted by Crippen LogP contribution is -2.41. The smallest absolute Gasteiger partial charge is 0.122 e. The van der Waals surface area contributed by atoms with Gasteiger partial charge in [0.2, 0.25) is 0 Å². The van der Waals surface area contributed by atoms with Gasteiger partial charge in [-0.3, -0.25) is 0 Å². The summed E-state index contributed by atoms with van der Waals surface area (Å²) in [5.74, 6) is 1.03. The summed E-state index contributed by atoms with van der Waals surface area (Å²) in [5.41, 5.74) is 17.9. The first-order valence-electron chi connectivity index (χ1n) is 19.8. The van der Waals surface area contributed by atoms with Gasteiger partial charge in [-0.2, -0.15) is 0 Å². The van der Waals surface area contributed by atoms with Crippen LogP contribution in [0, 0.1) is 6.92 Å². The van der Waals surface area contributed by atoms with Crippen LogP contribution in [0.2, 0.25) is 0 Å². The molecule has 0 aliphatic heterocycles. The second-order valence-corrected chi connectivity index (χ2v) is 19.1. The van der Waals surface area contributed by atoms with Crippen LogP contribution in [0.15, 0.2) is 77.7 Å². The summed E-state index contributed by atoms with van der Waals surface area (Å²) in [6, 6.07) is 22.2. The molecule has 18 rings (SSSR count). The molecule has 54 heavy (non-hydrogen) atoms. The van der Waals surface area contributed by atoms with E-state index in [1.54, 1.807) is 142 Å². The van der Waals surface area contributed by atoms with Crippen molar-refractivity contribution in [1.29, 1.82) is 0 Å². The summed E-state index contributed by atoms with van der Waals surface area (Å²) in [7, 11) is 1.87. The average Bonchev–Trinajstić information content (AvgIpc) is 4.02. The molecule has 11 aromatic carbocycles. The number of hydrogen-bond donors (Lipinski definition) is 0. The van der Waals surface area contributed by atoms with Crippen LogP contribution in [0.3, 0.4) is 0 Å². The standard InChI is InChI=1S/C52H26OS/c1-19-5-6-20(29(8-19)53-2)17-52-28-15-26-13-24-11-22-9-21-10-23-12-25-14-27-16-51(18-28,30-4-3-7-54-30)49-46-36(27)33(25)38-34(23)37-31(21)32(22)39-35(24)45(48(26)52)43-42(39)40(37)41(38)44(46)47(43)50(49)52/h3-8,10-13,16,18H,9,14-15,17H2,1-2H3. The van der Waals surface area contributed by atoms with Gasteiger partial charge in [-0.25, -0.2) is 0 Å². The van der Waals surface area contributed by atoms with E-state index in [9.17, 15) is 0 Å². The van der Waals surface area contributed by atoms with Gasteiger partial charge in [0.05, 0.1) is 12.5 Å². The van der Waals surface area contributed by atoms with E-state index in [4.69, 9.17) is 4.74 Å². The summed E-state index contributed by atoms with van der Waals surface area (Å²) >= 11 is 1.96. The van der Waals surface area contributed by atoms with E-state index < -0.39 is 0 Å². The van der Waals surface area contributed by atoms with Gasteiger partial charge < -0.3 is 4.74 Å². The molecule has 0 N–H and O–H groups in total. The lowest BCUT2D eigenvalue weighted by molar-refractivity contribution is 0.405. The molecule has 0 saturated carbocycles. The molecule has 1 nitrogen and oxygen atoms in total. The molecule has 0 bridgehead atoms. The van der Waals surface area contributed by atoms with E-state index in [0.29, 0.717) is 0 Å². The zero-order chi connectivity index (χ0) is 34.2. The number of methoxy groups -OCH3 is 1. The second kappa shape index (κ2) is 7.01. The Bertz CT molecular complexity index is 3980.